The highest BCUT2D eigenvalue weighted by atomic mass is 79.9. The first-order valence-electron chi connectivity index (χ1n) is 4.94. The number of hydrogen-bond acceptors (Lipinski definition) is 0. The van der Waals surface area contributed by atoms with Crippen LogP contribution in [0.1, 0.15) is 33.1 Å². The molecule has 2 fully saturated rings. The summed E-state index contributed by atoms with van der Waals surface area (Å²) >= 11 is 7.54. The van der Waals surface area contributed by atoms with Gasteiger partial charge in [-0.1, -0.05) is 52.3 Å². The Labute approximate surface area is 97.4 Å². The monoisotopic (exact) mass is 306 g/mol. The Bertz CT molecular complexity index is 257. The molecule has 0 amide bonds. The number of halogens is 2. The molecule has 0 N–H and O–H groups in total. The number of fused-ring (bicyclic) bond motifs is 2. The minimum Gasteiger partial charge on any atom is -0.0874 e. The molecule has 13 heavy (non-hydrogen) atoms. The van der Waals surface area contributed by atoms with Gasteiger partial charge in [-0.15, -0.1) is 0 Å². The van der Waals surface area contributed by atoms with Crippen LogP contribution in [0.3, 0.4) is 0 Å². The fourth-order valence-corrected chi connectivity index (χ4v) is 4.97. The van der Waals surface area contributed by atoms with E-state index < -0.39 is 0 Å². The van der Waals surface area contributed by atoms with Crippen LogP contribution in [0.15, 0.2) is 11.1 Å². The first-order valence-corrected chi connectivity index (χ1v) is 6.53. The summed E-state index contributed by atoms with van der Waals surface area (Å²) in [5.41, 5.74) is 0.358. The number of hydrogen-bond donors (Lipinski definition) is 0. The average Bonchev–Trinajstić information content (AvgIpc) is 2.54. The lowest BCUT2D eigenvalue weighted by Gasteiger charge is -2.45. The third-order valence-corrected chi connectivity index (χ3v) is 7.65. The van der Waals surface area contributed by atoms with Crippen LogP contribution in [0.2, 0.25) is 0 Å². The largest absolute Gasteiger partial charge is 0.0874 e. The highest BCUT2D eigenvalue weighted by molar-refractivity contribution is 9.14. The molecule has 0 aromatic rings. The Hall–Kier alpha value is 0.700. The SMILES string of the molecule is C=C(Br)C1(Br)[C@@H]2CC[C@@H](C2)C1(C)C. The summed E-state index contributed by atoms with van der Waals surface area (Å²) in [5, 5.41) is 0. The maximum Gasteiger partial charge on any atom is 0.0646 e. The first-order chi connectivity index (χ1) is 5.90. The second-order valence-electron chi connectivity index (χ2n) is 5.05. The van der Waals surface area contributed by atoms with E-state index in [1.165, 1.54) is 19.3 Å². The molecular formula is C11H16Br2. The maximum atomic E-state index is 4.09. The fourth-order valence-electron chi connectivity index (χ4n) is 3.39. The minimum absolute atomic E-state index is 0.142. The lowest BCUT2D eigenvalue weighted by Crippen LogP contribution is -2.44. The van der Waals surface area contributed by atoms with Crippen LogP contribution in [0.5, 0.6) is 0 Å². The van der Waals surface area contributed by atoms with E-state index in [1.54, 1.807) is 0 Å². The van der Waals surface area contributed by atoms with Crippen molar-refractivity contribution in [3.05, 3.63) is 11.1 Å². The molecule has 0 heterocycles. The van der Waals surface area contributed by atoms with Gasteiger partial charge < -0.3 is 0 Å². The van der Waals surface area contributed by atoms with Crippen molar-refractivity contribution in [1.29, 1.82) is 0 Å². The van der Waals surface area contributed by atoms with E-state index in [-0.39, 0.29) is 4.32 Å². The summed E-state index contributed by atoms with van der Waals surface area (Å²) in [6, 6.07) is 0. The zero-order valence-corrected chi connectivity index (χ0v) is 11.4. The topological polar surface area (TPSA) is 0 Å². The summed E-state index contributed by atoms with van der Waals surface area (Å²) in [4.78, 5) is 0. The zero-order chi connectivity index (χ0) is 9.85. The molecule has 2 aliphatic rings. The minimum atomic E-state index is 0.142. The molecule has 74 valence electrons. The van der Waals surface area contributed by atoms with Crippen LogP contribution >= 0.6 is 31.9 Å². The van der Waals surface area contributed by atoms with E-state index in [2.05, 4.69) is 52.3 Å². The maximum absolute atomic E-state index is 4.09. The second-order valence-corrected chi connectivity index (χ2v) is 7.25. The lowest BCUT2D eigenvalue weighted by molar-refractivity contribution is 0.188. The van der Waals surface area contributed by atoms with Gasteiger partial charge in [0.05, 0.1) is 4.32 Å². The number of allylic oxidation sites excluding steroid dienone is 1. The van der Waals surface area contributed by atoms with Crippen LogP contribution in [0, 0.1) is 17.3 Å². The van der Waals surface area contributed by atoms with Crippen molar-refractivity contribution in [2.45, 2.75) is 37.4 Å². The molecular weight excluding hydrogens is 292 g/mol. The van der Waals surface area contributed by atoms with Crippen molar-refractivity contribution in [3.63, 3.8) is 0 Å². The van der Waals surface area contributed by atoms with Crippen molar-refractivity contribution in [2.75, 3.05) is 0 Å². The van der Waals surface area contributed by atoms with E-state index in [1.807, 2.05) is 0 Å². The van der Waals surface area contributed by atoms with E-state index in [0.29, 0.717) is 5.41 Å². The van der Waals surface area contributed by atoms with Gasteiger partial charge in [-0.25, -0.2) is 0 Å². The molecule has 0 aliphatic heterocycles. The van der Waals surface area contributed by atoms with Gasteiger partial charge in [-0.3, -0.25) is 0 Å². The molecule has 1 unspecified atom stereocenters. The van der Waals surface area contributed by atoms with Crippen LogP contribution < -0.4 is 0 Å². The quantitative estimate of drug-likeness (QED) is 0.626. The highest BCUT2D eigenvalue weighted by Crippen LogP contribution is 2.68. The molecule has 0 aromatic heterocycles. The Kier molecular flexibility index (Phi) is 2.24. The van der Waals surface area contributed by atoms with Crippen LogP contribution in [-0.4, -0.2) is 4.32 Å². The van der Waals surface area contributed by atoms with E-state index in [9.17, 15) is 0 Å². The van der Waals surface area contributed by atoms with Crippen molar-refractivity contribution >= 4 is 31.9 Å². The molecule has 0 radical (unpaired) electrons. The number of rotatable bonds is 1. The molecule has 2 rings (SSSR count). The summed E-state index contributed by atoms with van der Waals surface area (Å²) in [7, 11) is 0. The van der Waals surface area contributed by atoms with Gasteiger partial charge in [0.15, 0.2) is 0 Å². The zero-order valence-electron chi connectivity index (χ0n) is 8.24. The summed E-state index contributed by atoms with van der Waals surface area (Å²) in [6.45, 7) is 8.84. The Morgan fingerprint density at radius 2 is 1.85 bits per heavy atom. The molecule has 0 aromatic carbocycles. The number of alkyl halides is 1. The standard InChI is InChI=1S/C11H16Br2/c1-7(12)11(13)9-5-4-8(6-9)10(11,2)3/h8-9H,1,4-6H2,2-3H3/t8-,9+,11?/m0/s1. The van der Waals surface area contributed by atoms with E-state index >= 15 is 0 Å². The van der Waals surface area contributed by atoms with Crippen LogP contribution in [0.25, 0.3) is 0 Å². The summed E-state index contributed by atoms with van der Waals surface area (Å²) in [5.74, 6) is 1.67. The lowest BCUT2D eigenvalue weighted by atomic mass is 9.68. The third-order valence-electron chi connectivity index (χ3n) is 4.35. The molecule has 0 spiro atoms. The average molecular weight is 308 g/mol. The summed E-state index contributed by atoms with van der Waals surface area (Å²) < 4.78 is 1.28. The molecule has 3 atom stereocenters. The van der Waals surface area contributed by atoms with Gasteiger partial charge in [-0.2, -0.15) is 0 Å². The predicted molar refractivity (Wildman–Crippen MR) is 64.3 cm³/mol. The summed E-state index contributed by atoms with van der Waals surface area (Å²) in [6.07, 6.45) is 4.15. The Morgan fingerprint density at radius 3 is 2.15 bits per heavy atom. The smallest absolute Gasteiger partial charge is 0.0646 e. The molecule has 2 aliphatic carbocycles. The Balaban J connectivity index is 2.43. The van der Waals surface area contributed by atoms with Crippen molar-refractivity contribution < 1.29 is 0 Å². The van der Waals surface area contributed by atoms with E-state index in [0.717, 1.165) is 16.3 Å². The van der Waals surface area contributed by atoms with Gasteiger partial charge in [0.1, 0.15) is 0 Å². The van der Waals surface area contributed by atoms with Gasteiger partial charge >= 0.3 is 0 Å². The Morgan fingerprint density at radius 1 is 1.31 bits per heavy atom. The van der Waals surface area contributed by atoms with Crippen molar-refractivity contribution in [3.8, 4) is 0 Å². The first kappa shape index (κ1) is 10.2. The van der Waals surface area contributed by atoms with Gasteiger partial charge in [0.2, 0.25) is 0 Å². The molecule has 0 nitrogen and oxygen atoms in total. The van der Waals surface area contributed by atoms with Gasteiger partial charge in [-0.05, 0) is 36.5 Å². The second kappa shape index (κ2) is 2.85. The molecule has 2 bridgehead atoms. The normalized spacial score (nSPS) is 46.8. The highest BCUT2D eigenvalue weighted by Gasteiger charge is 2.62. The molecule has 0 saturated heterocycles. The van der Waals surface area contributed by atoms with Gasteiger partial charge in [0, 0.05) is 4.48 Å². The van der Waals surface area contributed by atoms with Crippen molar-refractivity contribution in [1.82, 2.24) is 0 Å². The fraction of sp³-hybridized carbons (Fsp3) is 0.818. The molecule has 2 heteroatoms. The molecule has 2 saturated carbocycles. The van der Waals surface area contributed by atoms with Crippen LogP contribution in [0.4, 0.5) is 0 Å². The van der Waals surface area contributed by atoms with Crippen LogP contribution in [-0.2, 0) is 0 Å². The van der Waals surface area contributed by atoms with Gasteiger partial charge in [0.25, 0.3) is 0 Å². The predicted octanol–water partition coefficient (Wildman–Crippen LogP) is 4.48. The van der Waals surface area contributed by atoms with E-state index in [4.69, 9.17) is 0 Å². The van der Waals surface area contributed by atoms with Crippen molar-refractivity contribution in [2.24, 2.45) is 17.3 Å². The third kappa shape index (κ3) is 1.08.